The molecule has 0 atom stereocenters. The van der Waals surface area contributed by atoms with Gasteiger partial charge in [0.25, 0.3) is 0 Å². The third kappa shape index (κ3) is 5.09. The topological polar surface area (TPSA) is 57.7 Å². The van der Waals surface area contributed by atoms with Crippen LogP contribution in [0.3, 0.4) is 0 Å². The quantitative estimate of drug-likeness (QED) is 0.778. The first-order valence-electron chi connectivity index (χ1n) is 9.42. The highest BCUT2D eigenvalue weighted by molar-refractivity contribution is 7.92. The minimum absolute atomic E-state index is 0.0418. The van der Waals surface area contributed by atoms with E-state index in [1.807, 2.05) is 62.4 Å². The molecule has 1 aliphatic rings. The molecule has 1 fully saturated rings. The molecule has 6 heteroatoms. The molecule has 1 aliphatic heterocycles. The molecular formula is C22H26N2O3S. The van der Waals surface area contributed by atoms with Gasteiger partial charge in [-0.1, -0.05) is 48.5 Å². The SMILES string of the molecule is Cc1ccc(CC(=O)N2CCN(S(=O)(=O)/C=C/c3ccccc3)CC2)cc1C. The lowest BCUT2D eigenvalue weighted by atomic mass is 10.0. The van der Waals surface area contributed by atoms with Gasteiger partial charge in [-0.3, -0.25) is 4.79 Å². The van der Waals surface area contributed by atoms with Crippen LogP contribution in [0.4, 0.5) is 0 Å². The van der Waals surface area contributed by atoms with Crippen molar-refractivity contribution in [3.63, 3.8) is 0 Å². The minimum Gasteiger partial charge on any atom is -0.340 e. The number of carbonyl (C=O) groups excluding carboxylic acids is 1. The molecule has 0 bridgehead atoms. The molecule has 0 aliphatic carbocycles. The maximum atomic E-state index is 12.6. The second kappa shape index (κ2) is 8.71. The van der Waals surface area contributed by atoms with Gasteiger partial charge in [-0.15, -0.1) is 0 Å². The standard InChI is InChI=1S/C22H26N2O3S/c1-18-8-9-21(16-19(18)2)17-22(25)23-11-13-24(14-12-23)28(26,27)15-10-20-6-4-3-5-7-20/h3-10,15-16H,11-14,17H2,1-2H3/b15-10+. The zero-order valence-corrected chi connectivity index (χ0v) is 17.2. The highest BCUT2D eigenvalue weighted by Crippen LogP contribution is 2.14. The van der Waals surface area contributed by atoms with Crippen molar-refractivity contribution < 1.29 is 13.2 Å². The lowest BCUT2D eigenvalue weighted by Gasteiger charge is -2.33. The number of hydrogen-bond donors (Lipinski definition) is 0. The molecule has 1 saturated heterocycles. The van der Waals surface area contributed by atoms with E-state index in [2.05, 4.69) is 0 Å². The molecule has 0 unspecified atom stereocenters. The zero-order valence-electron chi connectivity index (χ0n) is 16.3. The molecule has 0 spiro atoms. The summed E-state index contributed by atoms with van der Waals surface area (Å²) in [7, 11) is -3.49. The van der Waals surface area contributed by atoms with Crippen LogP contribution in [0, 0.1) is 13.8 Å². The van der Waals surface area contributed by atoms with Crippen LogP contribution in [-0.2, 0) is 21.2 Å². The Labute approximate surface area is 167 Å². The second-order valence-corrected chi connectivity index (χ2v) is 8.95. The Morgan fingerprint density at radius 1 is 0.964 bits per heavy atom. The van der Waals surface area contributed by atoms with Gasteiger partial charge in [0.15, 0.2) is 0 Å². The van der Waals surface area contributed by atoms with Crippen molar-refractivity contribution in [2.24, 2.45) is 0 Å². The lowest BCUT2D eigenvalue weighted by molar-refractivity contribution is -0.131. The molecule has 28 heavy (non-hydrogen) atoms. The van der Waals surface area contributed by atoms with Gasteiger partial charge in [0.2, 0.25) is 15.9 Å². The third-order valence-corrected chi connectivity index (χ3v) is 6.67. The van der Waals surface area contributed by atoms with Crippen molar-refractivity contribution in [2.75, 3.05) is 26.2 Å². The maximum absolute atomic E-state index is 12.6. The van der Waals surface area contributed by atoms with Crippen molar-refractivity contribution in [1.82, 2.24) is 9.21 Å². The summed E-state index contributed by atoms with van der Waals surface area (Å²) in [5, 5.41) is 1.24. The van der Waals surface area contributed by atoms with Gasteiger partial charge in [0, 0.05) is 31.6 Å². The maximum Gasteiger partial charge on any atom is 0.236 e. The normalized spacial score (nSPS) is 15.9. The summed E-state index contributed by atoms with van der Waals surface area (Å²) in [5.74, 6) is 0.0418. The van der Waals surface area contributed by atoms with E-state index in [-0.39, 0.29) is 5.91 Å². The van der Waals surface area contributed by atoms with Crippen molar-refractivity contribution in [2.45, 2.75) is 20.3 Å². The summed E-state index contributed by atoms with van der Waals surface area (Å²) in [4.78, 5) is 14.3. The van der Waals surface area contributed by atoms with Crippen molar-refractivity contribution in [1.29, 1.82) is 0 Å². The van der Waals surface area contributed by atoms with E-state index in [4.69, 9.17) is 0 Å². The van der Waals surface area contributed by atoms with E-state index in [0.717, 1.165) is 11.1 Å². The van der Waals surface area contributed by atoms with Crippen LogP contribution < -0.4 is 0 Å². The molecule has 148 valence electrons. The number of aryl methyl sites for hydroxylation is 2. The van der Waals surface area contributed by atoms with Gasteiger partial charge >= 0.3 is 0 Å². The van der Waals surface area contributed by atoms with Gasteiger partial charge in [0.05, 0.1) is 6.42 Å². The van der Waals surface area contributed by atoms with Crippen LogP contribution in [0.5, 0.6) is 0 Å². The molecule has 0 saturated carbocycles. The van der Waals surface area contributed by atoms with Gasteiger partial charge in [0.1, 0.15) is 0 Å². The average Bonchev–Trinajstić information content (AvgIpc) is 2.70. The van der Waals surface area contributed by atoms with E-state index in [9.17, 15) is 13.2 Å². The Morgan fingerprint density at radius 2 is 1.64 bits per heavy atom. The number of carbonyl (C=O) groups is 1. The van der Waals surface area contributed by atoms with E-state index in [1.54, 1.807) is 11.0 Å². The summed E-state index contributed by atoms with van der Waals surface area (Å²) < 4.78 is 26.5. The number of hydrogen-bond acceptors (Lipinski definition) is 3. The van der Waals surface area contributed by atoms with Crippen molar-refractivity contribution >= 4 is 22.0 Å². The Hall–Kier alpha value is -2.44. The molecule has 2 aromatic carbocycles. The van der Waals surface area contributed by atoms with Crippen molar-refractivity contribution in [3.05, 3.63) is 76.2 Å². The van der Waals surface area contributed by atoms with Crippen LogP contribution in [0.25, 0.3) is 6.08 Å². The smallest absolute Gasteiger partial charge is 0.236 e. The Balaban J connectivity index is 1.56. The predicted octanol–water partition coefficient (Wildman–Crippen LogP) is 2.99. The molecule has 1 amide bonds. The van der Waals surface area contributed by atoms with Crippen LogP contribution in [0.1, 0.15) is 22.3 Å². The molecule has 0 radical (unpaired) electrons. The van der Waals surface area contributed by atoms with Gasteiger partial charge in [-0.2, -0.15) is 4.31 Å². The number of benzene rings is 2. The first kappa shape index (κ1) is 20.3. The predicted molar refractivity (Wildman–Crippen MR) is 112 cm³/mol. The molecular weight excluding hydrogens is 372 g/mol. The molecule has 5 nitrogen and oxygen atoms in total. The Morgan fingerprint density at radius 3 is 2.29 bits per heavy atom. The molecule has 3 rings (SSSR count). The molecule has 1 heterocycles. The molecule has 0 aromatic heterocycles. The van der Waals surface area contributed by atoms with Gasteiger partial charge in [-0.05, 0) is 42.2 Å². The average molecular weight is 399 g/mol. The van der Waals surface area contributed by atoms with E-state index >= 15 is 0 Å². The Kier molecular flexibility index (Phi) is 6.31. The fourth-order valence-corrected chi connectivity index (χ4v) is 4.38. The zero-order chi connectivity index (χ0) is 20.1. The molecule has 2 aromatic rings. The summed E-state index contributed by atoms with van der Waals surface area (Å²) in [6, 6.07) is 15.4. The van der Waals surface area contributed by atoms with E-state index in [0.29, 0.717) is 32.6 Å². The fraction of sp³-hybridized carbons (Fsp3) is 0.318. The first-order chi connectivity index (χ1) is 13.3. The Bertz CT molecular complexity index is 961. The van der Waals surface area contributed by atoms with Crippen LogP contribution >= 0.6 is 0 Å². The van der Waals surface area contributed by atoms with Gasteiger partial charge < -0.3 is 4.90 Å². The third-order valence-electron chi connectivity index (χ3n) is 5.11. The van der Waals surface area contributed by atoms with Crippen molar-refractivity contribution in [3.8, 4) is 0 Å². The first-order valence-corrected chi connectivity index (χ1v) is 10.9. The van der Waals surface area contributed by atoms with Gasteiger partial charge in [-0.25, -0.2) is 8.42 Å². The van der Waals surface area contributed by atoms with E-state index < -0.39 is 10.0 Å². The van der Waals surface area contributed by atoms with Crippen LogP contribution in [0.15, 0.2) is 53.9 Å². The number of amides is 1. The fourth-order valence-electron chi connectivity index (χ4n) is 3.21. The van der Waals surface area contributed by atoms with Crippen LogP contribution in [-0.4, -0.2) is 49.7 Å². The number of nitrogens with zero attached hydrogens (tertiary/aromatic N) is 2. The lowest BCUT2D eigenvalue weighted by Crippen LogP contribution is -2.50. The molecule has 0 N–H and O–H groups in total. The summed E-state index contributed by atoms with van der Waals surface area (Å²) >= 11 is 0. The van der Waals surface area contributed by atoms with E-state index in [1.165, 1.54) is 20.8 Å². The second-order valence-electron chi connectivity index (χ2n) is 7.13. The van der Waals surface area contributed by atoms with Crippen LogP contribution in [0.2, 0.25) is 0 Å². The largest absolute Gasteiger partial charge is 0.340 e. The number of sulfonamides is 1. The highest BCUT2D eigenvalue weighted by Gasteiger charge is 2.27. The summed E-state index contributed by atoms with van der Waals surface area (Å²) in [6.45, 7) is 5.56. The minimum atomic E-state index is -3.49. The monoisotopic (exact) mass is 398 g/mol. The number of piperazine rings is 1. The summed E-state index contributed by atoms with van der Waals surface area (Å²) in [5.41, 5.74) is 4.22. The highest BCUT2D eigenvalue weighted by atomic mass is 32.2. The number of rotatable bonds is 5. The summed E-state index contributed by atoms with van der Waals surface area (Å²) in [6.07, 6.45) is 1.95.